The van der Waals surface area contributed by atoms with Crippen molar-refractivity contribution in [3.63, 3.8) is 0 Å². The maximum absolute atomic E-state index is 12.8. The Labute approximate surface area is 184 Å². The highest BCUT2D eigenvalue weighted by atomic mass is 35.5. The fourth-order valence-corrected chi connectivity index (χ4v) is 4.13. The van der Waals surface area contributed by atoms with Crippen molar-refractivity contribution in [2.24, 2.45) is 0 Å². The van der Waals surface area contributed by atoms with Crippen LogP contribution in [0.3, 0.4) is 0 Å². The molecule has 1 saturated carbocycles. The van der Waals surface area contributed by atoms with Crippen molar-refractivity contribution in [3.05, 3.63) is 63.4 Å². The van der Waals surface area contributed by atoms with Crippen molar-refractivity contribution >= 4 is 40.7 Å². The zero-order chi connectivity index (χ0) is 20.4. The van der Waals surface area contributed by atoms with E-state index >= 15 is 0 Å². The minimum Gasteiger partial charge on any atom is -0.347 e. The Morgan fingerprint density at radius 3 is 2.34 bits per heavy atom. The smallest absolute Gasteiger partial charge is 0.291 e. The first kappa shape index (κ1) is 20.2. The van der Waals surface area contributed by atoms with E-state index in [0.29, 0.717) is 26.5 Å². The Bertz CT molecular complexity index is 1030. The third-order valence-electron chi connectivity index (χ3n) is 4.99. The summed E-state index contributed by atoms with van der Waals surface area (Å²) in [6.45, 7) is 0. The summed E-state index contributed by atoms with van der Waals surface area (Å²) in [5.41, 5.74) is 1.36. The standard InChI is InChI=1S/C21H19Cl3N4O/c22-13-6-9-16(10-7-13)28-20(17-11-8-14(23)12-18(17)24)26-19(27-28)21(29)25-15-4-2-1-3-5-15/h6-12,15H,1-5H2,(H,25,29). The quantitative estimate of drug-likeness (QED) is 0.535. The number of hydrogen-bond acceptors (Lipinski definition) is 3. The lowest BCUT2D eigenvalue weighted by Crippen LogP contribution is -2.36. The summed E-state index contributed by atoms with van der Waals surface area (Å²) in [6, 6.07) is 12.4. The number of amides is 1. The lowest BCUT2D eigenvalue weighted by molar-refractivity contribution is 0.0917. The van der Waals surface area contributed by atoms with E-state index in [-0.39, 0.29) is 17.8 Å². The lowest BCUT2D eigenvalue weighted by Gasteiger charge is -2.21. The second-order valence-electron chi connectivity index (χ2n) is 7.08. The van der Waals surface area contributed by atoms with Crippen molar-refractivity contribution < 1.29 is 4.79 Å². The van der Waals surface area contributed by atoms with Gasteiger partial charge in [-0.25, -0.2) is 9.67 Å². The minimum atomic E-state index is -0.282. The zero-order valence-corrected chi connectivity index (χ0v) is 17.8. The van der Waals surface area contributed by atoms with Gasteiger partial charge in [-0.2, -0.15) is 0 Å². The van der Waals surface area contributed by atoms with Crippen LogP contribution in [-0.4, -0.2) is 26.7 Å². The molecule has 0 saturated heterocycles. The first-order valence-electron chi connectivity index (χ1n) is 9.50. The molecule has 0 bridgehead atoms. The van der Waals surface area contributed by atoms with Gasteiger partial charge in [-0.05, 0) is 55.3 Å². The van der Waals surface area contributed by atoms with Gasteiger partial charge in [-0.3, -0.25) is 4.79 Å². The van der Waals surface area contributed by atoms with Crippen LogP contribution < -0.4 is 5.32 Å². The fourth-order valence-electron chi connectivity index (χ4n) is 3.51. The number of benzene rings is 2. The summed E-state index contributed by atoms with van der Waals surface area (Å²) in [5, 5.41) is 9.09. The lowest BCUT2D eigenvalue weighted by atomic mass is 9.95. The minimum absolute atomic E-state index is 0.103. The van der Waals surface area contributed by atoms with Gasteiger partial charge in [0.2, 0.25) is 5.82 Å². The van der Waals surface area contributed by atoms with E-state index in [4.69, 9.17) is 34.8 Å². The molecule has 0 unspecified atom stereocenters. The van der Waals surface area contributed by atoms with Crippen LogP contribution in [0.4, 0.5) is 0 Å². The number of halogens is 3. The average Bonchev–Trinajstić information content (AvgIpc) is 3.14. The molecule has 4 rings (SSSR count). The summed E-state index contributed by atoms with van der Waals surface area (Å²) >= 11 is 18.5. The van der Waals surface area contributed by atoms with Gasteiger partial charge in [0.1, 0.15) is 0 Å². The highest BCUT2D eigenvalue weighted by molar-refractivity contribution is 6.36. The Hall–Kier alpha value is -2.08. The average molecular weight is 450 g/mol. The van der Waals surface area contributed by atoms with Gasteiger partial charge in [-0.1, -0.05) is 54.1 Å². The second-order valence-corrected chi connectivity index (χ2v) is 8.36. The number of carbonyl (C=O) groups is 1. The van der Waals surface area contributed by atoms with Crippen molar-refractivity contribution in [1.29, 1.82) is 0 Å². The third kappa shape index (κ3) is 4.58. The third-order valence-corrected chi connectivity index (χ3v) is 5.79. The van der Waals surface area contributed by atoms with Crippen molar-refractivity contribution in [3.8, 4) is 17.1 Å². The first-order chi connectivity index (χ1) is 14.0. The molecule has 2 aromatic carbocycles. The normalized spacial score (nSPS) is 14.7. The molecule has 3 aromatic rings. The molecule has 0 spiro atoms. The van der Waals surface area contributed by atoms with E-state index in [9.17, 15) is 4.79 Å². The molecular formula is C21H19Cl3N4O. The highest BCUT2D eigenvalue weighted by Crippen LogP contribution is 2.31. The summed E-state index contributed by atoms with van der Waals surface area (Å²) in [7, 11) is 0. The monoisotopic (exact) mass is 448 g/mol. The van der Waals surface area contributed by atoms with E-state index in [1.165, 1.54) is 6.42 Å². The van der Waals surface area contributed by atoms with Crippen LogP contribution in [0.1, 0.15) is 42.7 Å². The van der Waals surface area contributed by atoms with Gasteiger partial charge < -0.3 is 5.32 Å². The van der Waals surface area contributed by atoms with Crippen molar-refractivity contribution in [1.82, 2.24) is 20.1 Å². The van der Waals surface area contributed by atoms with Crippen LogP contribution in [-0.2, 0) is 0 Å². The molecule has 1 aliphatic rings. The van der Waals surface area contributed by atoms with E-state index < -0.39 is 0 Å². The van der Waals surface area contributed by atoms with Crippen LogP contribution in [0.5, 0.6) is 0 Å². The largest absolute Gasteiger partial charge is 0.347 e. The van der Waals surface area contributed by atoms with Gasteiger partial charge >= 0.3 is 0 Å². The van der Waals surface area contributed by atoms with Crippen LogP contribution in [0.15, 0.2) is 42.5 Å². The molecule has 1 aromatic heterocycles. The van der Waals surface area contributed by atoms with Gasteiger partial charge in [0, 0.05) is 21.7 Å². The van der Waals surface area contributed by atoms with Crippen LogP contribution in [0.2, 0.25) is 15.1 Å². The summed E-state index contributed by atoms with van der Waals surface area (Å²) in [5.74, 6) is 0.283. The Kier molecular flexibility index (Phi) is 6.09. The molecule has 1 aliphatic carbocycles. The predicted octanol–water partition coefficient (Wildman–Crippen LogP) is 5.96. The van der Waals surface area contributed by atoms with Crippen LogP contribution in [0.25, 0.3) is 17.1 Å². The SMILES string of the molecule is O=C(NC1CCCCC1)c1nc(-c2ccc(Cl)cc2Cl)n(-c2ccc(Cl)cc2)n1. The van der Waals surface area contributed by atoms with E-state index in [1.807, 2.05) is 12.1 Å². The molecule has 1 fully saturated rings. The number of carbonyl (C=O) groups excluding carboxylic acids is 1. The number of nitrogens with zero attached hydrogens (tertiary/aromatic N) is 3. The van der Waals surface area contributed by atoms with Crippen LogP contribution in [0, 0.1) is 0 Å². The van der Waals surface area contributed by atoms with Gasteiger partial charge in [0.25, 0.3) is 5.91 Å². The maximum Gasteiger partial charge on any atom is 0.291 e. The molecule has 0 atom stereocenters. The van der Waals surface area contributed by atoms with E-state index in [2.05, 4.69) is 15.4 Å². The molecule has 29 heavy (non-hydrogen) atoms. The van der Waals surface area contributed by atoms with Crippen molar-refractivity contribution in [2.45, 2.75) is 38.1 Å². The van der Waals surface area contributed by atoms with E-state index in [0.717, 1.165) is 31.4 Å². The second kappa shape index (κ2) is 8.74. The number of hydrogen-bond donors (Lipinski definition) is 1. The number of aromatic nitrogens is 3. The summed E-state index contributed by atoms with van der Waals surface area (Å²) in [4.78, 5) is 17.3. The number of rotatable bonds is 4. The van der Waals surface area contributed by atoms with E-state index in [1.54, 1.807) is 35.0 Å². The summed E-state index contributed by atoms with van der Waals surface area (Å²) < 4.78 is 1.60. The van der Waals surface area contributed by atoms with Gasteiger partial charge in [-0.15, -0.1) is 5.10 Å². The molecular weight excluding hydrogens is 431 g/mol. The van der Waals surface area contributed by atoms with Gasteiger partial charge in [0.15, 0.2) is 5.82 Å². The zero-order valence-electron chi connectivity index (χ0n) is 15.5. The fraction of sp³-hybridized carbons (Fsp3) is 0.286. The molecule has 1 amide bonds. The van der Waals surface area contributed by atoms with Gasteiger partial charge in [0.05, 0.1) is 10.7 Å². The molecule has 1 N–H and O–H groups in total. The Balaban J connectivity index is 1.73. The highest BCUT2D eigenvalue weighted by Gasteiger charge is 2.23. The number of nitrogens with one attached hydrogen (secondary N) is 1. The van der Waals surface area contributed by atoms with Crippen LogP contribution >= 0.6 is 34.8 Å². The molecule has 5 nitrogen and oxygen atoms in total. The van der Waals surface area contributed by atoms with Crippen molar-refractivity contribution in [2.75, 3.05) is 0 Å². The molecule has 0 aliphatic heterocycles. The summed E-state index contributed by atoms with van der Waals surface area (Å²) in [6.07, 6.45) is 5.44. The topological polar surface area (TPSA) is 59.8 Å². The molecule has 1 heterocycles. The molecule has 8 heteroatoms. The Morgan fingerprint density at radius 2 is 1.66 bits per heavy atom. The maximum atomic E-state index is 12.8. The predicted molar refractivity (Wildman–Crippen MR) is 116 cm³/mol. The molecule has 150 valence electrons. The first-order valence-corrected chi connectivity index (χ1v) is 10.6. The molecule has 0 radical (unpaired) electrons. The Morgan fingerprint density at radius 1 is 0.966 bits per heavy atom.